The lowest BCUT2D eigenvalue weighted by atomic mass is 10.1. The van der Waals surface area contributed by atoms with Crippen LogP contribution in [0.3, 0.4) is 0 Å². The van der Waals surface area contributed by atoms with E-state index in [9.17, 15) is 14.4 Å². The topological polar surface area (TPSA) is 104 Å². The molecule has 4 rings (SSSR count). The van der Waals surface area contributed by atoms with E-state index in [1.54, 1.807) is 31.2 Å². The van der Waals surface area contributed by atoms with E-state index in [0.717, 1.165) is 22.7 Å². The van der Waals surface area contributed by atoms with Crippen molar-refractivity contribution in [1.29, 1.82) is 0 Å². The molecule has 0 aliphatic carbocycles. The summed E-state index contributed by atoms with van der Waals surface area (Å²) in [6.45, 7) is 3.86. The average molecular weight is 449 g/mol. The number of aromatic nitrogens is 1. The number of nitrogens with zero attached hydrogens (tertiary/aromatic N) is 2. The first-order chi connectivity index (χ1) is 15.5. The summed E-state index contributed by atoms with van der Waals surface area (Å²) in [5.74, 6) is -0.983. The zero-order valence-corrected chi connectivity index (χ0v) is 18.2. The SMILES string of the molecule is CCOC(=O)/C=C1\S/C(=N\Nc2cc(=O)[nH]c3ccc(C)cc23)N(c2ccccc2)C1=O. The minimum Gasteiger partial charge on any atom is -0.463 e. The average Bonchev–Trinajstić information content (AvgIpc) is 3.08. The van der Waals surface area contributed by atoms with Crippen LogP contribution in [-0.2, 0) is 14.3 Å². The number of benzene rings is 2. The smallest absolute Gasteiger partial charge is 0.332 e. The van der Waals surface area contributed by atoms with Crippen LogP contribution < -0.4 is 15.9 Å². The molecule has 0 saturated carbocycles. The summed E-state index contributed by atoms with van der Waals surface area (Å²) in [6, 6.07) is 16.1. The molecule has 2 heterocycles. The zero-order chi connectivity index (χ0) is 22.7. The second-order valence-corrected chi connectivity index (χ2v) is 7.95. The van der Waals surface area contributed by atoms with Gasteiger partial charge in [0, 0.05) is 17.5 Å². The number of hydrogen-bond acceptors (Lipinski definition) is 7. The van der Waals surface area contributed by atoms with Crippen molar-refractivity contribution < 1.29 is 14.3 Å². The Hall–Kier alpha value is -3.85. The van der Waals surface area contributed by atoms with Crippen LogP contribution in [0.2, 0.25) is 0 Å². The highest BCUT2D eigenvalue weighted by Gasteiger charge is 2.35. The molecule has 1 fully saturated rings. The predicted molar refractivity (Wildman–Crippen MR) is 127 cm³/mol. The number of aryl methyl sites for hydroxylation is 1. The molecule has 2 N–H and O–H groups in total. The number of H-pyrrole nitrogens is 1. The van der Waals surface area contributed by atoms with Gasteiger partial charge in [-0.05, 0) is 49.9 Å². The fourth-order valence-corrected chi connectivity index (χ4v) is 4.11. The van der Waals surface area contributed by atoms with Crippen LogP contribution >= 0.6 is 11.8 Å². The van der Waals surface area contributed by atoms with Crippen molar-refractivity contribution in [3.05, 3.63) is 81.5 Å². The van der Waals surface area contributed by atoms with Crippen molar-refractivity contribution in [1.82, 2.24) is 4.98 Å². The van der Waals surface area contributed by atoms with Crippen molar-refractivity contribution in [3.8, 4) is 0 Å². The second kappa shape index (κ2) is 9.11. The number of amides is 1. The molecule has 1 saturated heterocycles. The summed E-state index contributed by atoms with van der Waals surface area (Å²) in [4.78, 5) is 41.4. The molecule has 1 amide bonds. The number of aromatic amines is 1. The molecule has 0 spiro atoms. The van der Waals surface area contributed by atoms with Gasteiger partial charge in [0.05, 0.1) is 28.4 Å². The van der Waals surface area contributed by atoms with Crippen molar-refractivity contribution in [2.75, 3.05) is 16.9 Å². The first-order valence-electron chi connectivity index (χ1n) is 9.89. The normalized spacial score (nSPS) is 16.2. The van der Waals surface area contributed by atoms with Crippen molar-refractivity contribution in [3.63, 3.8) is 0 Å². The van der Waals surface area contributed by atoms with E-state index in [2.05, 4.69) is 15.5 Å². The number of thioether (sulfide) groups is 1. The summed E-state index contributed by atoms with van der Waals surface area (Å²) in [5, 5.41) is 5.52. The largest absolute Gasteiger partial charge is 0.463 e. The van der Waals surface area contributed by atoms with Gasteiger partial charge in [0.25, 0.3) is 11.5 Å². The van der Waals surface area contributed by atoms with Crippen molar-refractivity contribution >= 4 is 51.1 Å². The Morgan fingerprint density at radius 1 is 1.19 bits per heavy atom. The number of amidine groups is 1. The monoisotopic (exact) mass is 448 g/mol. The Morgan fingerprint density at radius 3 is 2.72 bits per heavy atom. The minimum absolute atomic E-state index is 0.194. The van der Waals surface area contributed by atoms with Crippen LogP contribution in [0.5, 0.6) is 0 Å². The van der Waals surface area contributed by atoms with Crippen LogP contribution in [0, 0.1) is 6.92 Å². The number of anilines is 2. The lowest BCUT2D eigenvalue weighted by Crippen LogP contribution is -2.29. The highest BCUT2D eigenvalue weighted by molar-refractivity contribution is 8.19. The van der Waals surface area contributed by atoms with E-state index < -0.39 is 5.97 Å². The third-order valence-electron chi connectivity index (χ3n) is 4.63. The number of carbonyl (C=O) groups excluding carboxylic acids is 2. The number of nitrogens with one attached hydrogen (secondary N) is 2. The number of para-hydroxylation sites is 1. The fraction of sp³-hybridized carbons (Fsp3) is 0.130. The van der Waals surface area contributed by atoms with Gasteiger partial charge in [0.2, 0.25) is 0 Å². The maximum atomic E-state index is 13.0. The quantitative estimate of drug-likeness (QED) is 0.350. The van der Waals surface area contributed by atoms with Gasteiger partial charge in [-0.3, -0.25) is 19.9 Å². The highest BCUT2D eigenvalue weighted by Crippen LogP contribution is 2.35. The van der Waals surface area contributed by atoms with Gasteiger partial charge >= 0.3 is 5.97 Å². The molecule has 1 aliphatic rings. The molecular formula is C23H20N4O4S. The van der Waals surface area contributed by atoms with E-state index in [1.807, 2.05) is 31.2 Å². The molecular weight excluding hydrogens is 428 g/mol. The van der Waals surface area contributed by atoms with Crippen LogP contribution in [0.1, 0.15) is 12.5 Å². The Balaban J connectivity index is 1.74. The standard InChI is InChI=1S/C23H20N4O4S/c1-3-31-21(29)13-19-22(30)27(15-7-5-4-6-8-15)23(32-19)26-25-18-12-20(28)24-17-10-9-14(2)11-16(17)18/h4-13H,3H2,1-2H3,(H2,24,25,28)/b19-13-,26-23-. The lowest BCUT2D eigenvalue weighted by molar-refractivity contribution is -0.137. The van der Waals surface area contributed by atoms with E-state index in [4.69, 9.17) is 4.74 Å². The van der Waals surface area contributed by atoms with Crippen LogP contribution in [0.4, 0.5) is 11.4 Å². The van der Waals surface area contributed by atoms with Crippen LogP contribution in [0.25, 0.3) is 10.9 Å². The van der Waals surface area contributed by atoms with Gasteiger partial charge in [-0.2, -0.15) is 0 Å². The number of pyridine rings is 1. The number of hydrazone groups is 1. The maximum Gasteiger partial charge on any atom is 0.332 e. The molecule has 9 heteroatoms. The van der Waals surface area contributed by atoms with Crippen LogP contribution in [-0.4, -0.2) is 28.6 Å². The molecule has 0 bridgehead atoms. The lowest BCUT2D eigenvalue weighted by Gasteiger charge is -2.15. The van der Waals surface area contributed by atoms with Gasteiger partial charge in [0.15, 0.2) is 5.17 Å². The number of ether oxygens (including phenoxy) is 1. The van der Waals surface area contributed by atoms with E-state index in [-0.39, 0.29) is 23.0 Å². The second-order valence-electron chi connectivity index (χ2n) is 6.94. The van der Waals surface area contributed by atoms with Gasteiger partial charge in [-0.15, -0.1) is 5.10 Å². The Kier molecular flexibility index (Phi) is 6.09. The van der Waals surface area contributed by atoms with E-state index >= 15 is 0 Å². The number of hydrogen-bond donors (Lipinski definition) is 2. The number of fused-ring (bicyclic) bond motifs is 1. The van der Waals surface area contributed by atoms with Gasteiger partial charge in [0.1, 0.15) is 0 Å². The minimum atomic E-state index is -0.596. The van der Waals surface area contributed by atoms with E-state index in [0.29, 0.717) is 22.1 Å². The molecule has 1 aromatic heterocycles. The molecule has 0 unspecified atom stereocenters. The summed E-state index contributed by atoms with van der Waals surface area (Å²) >= 11 is 1.05. The highest BCUT2D eigenvalue weighted by atomic mass is 32.2. The van der Waals surface area contributed by atoms with Crippen LogP contribution in [0.15, 0.2) is 75.5 Å². The molecule has 0 radical (unpaired) electrons. The summed E-state index contributed by atoms with van der Waals surface area (Å²) in [7, 11) is 0. The van der Waals surface area contributed by atoms with E-state index in [1.165, 1.54) is 17.0 Å². The number of esters is 1. The van der Waals surface area contributed by atoms with Crippen molar-refractivity contribution in [2.24, 2.45) is 5.10 Å². The Bertz CT molecular complexity index is 1310. The fourth-order valence-electron chi connectivity index (χ4n) is 3.21. The summed E-state index contributed by atoms with van der Waals surface area (Å²) < 4.78 is 4.94. The van der Waals surface area contributed by atoms with Gasteiger partial charge < -0.3 is 9.72 Å². The Morgan fingerprint density at radius 2 is 1.97 bits per heavy atom. The van der Waals surface area contributed by atoms with Gasteiger partial charge in [-0.25, -0.2) is 4.79 Å². The molecule has 1 aliphatic heterocycles. The summed E-state index contributed by atoms with van der Waals surface area (Å²) in [5.41, 5.74) is 5.45. The molecule has 162 valence electrons. The first-order valence-corrected chi connectivity index (χ1v) is 10.7. The van der Waals surface area contributed by atoms with Gasteiger partial charge in [-0.1, -0.05) is 29.8 Å². The summed E-state index contributed by atoms with van der Waals surface area (Å²) in [6.07, 6.45) is 1.17. The molecule has 32 heavy (non-hydrogen) atoms. The third kappa shape index (κ3) is 4.42. The maximum absolute atomic E-state index is 13.0. The predicted octanol–water partition coefficient (Wildman–Crippen LogP) is 3.75. The van der Waals surface area contributed by atoms with Crippen molar-refractivity contribution in [2.45, 2.75) is 13.8 Å². The zero-order valence-electron chi connectivity index (χ0n) is 17.4. The molecule has 3 aromatic rings. The molecule has 0 atom stereocenters. The number of rotatable bonds is 5. The molecule has 8 nitrogen and oxygen atoms in total. The first kappa shape index (κ1) is 21.4. The molecule has 2 aromatic carbocycles. The number of carbonyl (C=O) groups is 2. The Labute approximate surface area is 188 Å². The third-order valence-corrected chi connectivity index (χ3v) is 5.60.